The summed E-state index contributed by atoms with van der Waals surface area (Å²) in [6, 6.07) is 8.32. The molecule has 0 radical (unpaired) electrons. The number of aromatic amines is 1. The van der Waals surface area contributed by atoms with E-state index in [1.807, 2.05) is 11.0 Å². The van der Waals surface area contributed by atoms with Crippen LogP contribution in [0.3, 0.4) is 0 Å². The molecule has 0 saturated carbocycles. The van der Waals surface area contributed by atoms with Crippen LogP contribution in [0.4, 0.5) is 0 Å². The molecular formula is C20H24N4O2. The van der Waals surface area contributed by atoms with E-state index in [1.54, 1.807) is 17.3 Å². The number of nitrogens with zero attached hydrogens (tertiary/aromatic N) is 3. The summed E-state index contributed by atoms with van der Waals surface area (Å²) in [4.78, 5) is 29.6. The van der Waals surface area contributed by atoms with Crippen LogP contribution < -0.4 is 0 Å². The number of hydrogen-bond acceptors (Lipinski definition) is 3. The maximum atomic E-state index is 13.3. The van der Waals surface area contributed by atoms with E-state index in [2.05, 4.69) is 35.3 Å². The number of aromatic nitrogens is 2. The van der Waals surface area contributed by atoms with Gasteiger partial charge in [0.05, 0.1) is 17.2 Å². The molecule has 3 heterocycles. The minimum absolute atomic E-state index is 0.0424. The first kappa shape index (κ1) is 16.8. The average Bonchev–Trinajstić information content (AvgIpc) is 3.30. The fourth-order valence-corrected chi connectivity index (χ4v) is 4.31. The fraction of sp³-hybridized carbons (Fsp3) is 0.450. The summed E-state index contributed by atoms with van der Waals surface area (Å²) in [5, 5.41) is 6.53. The molecule has 2 aromatic rings. The number of carbonyl (C=O) groups excluding carboxylic acids is 2. The number of benzene rings is 1. The Morgan fingerprint density at radius 3 is 2.96 bits per heavy atom. The highest BCUT2D eigenvalue weighted by atomic mass is 16.2. The van der Waals surface area contributed by atoms with Crippen molar-refractivity contribution in [1.82, 2.24) is 20.0 Å². The number of piperidine rings is 1. The van der Waals surface area contributed by atoms with Crippen molar-refractivity contribution in [1.29, 1.82) is 0 Å². The van der Waals surface area contributed by atoms with Gasteiger partial charge in [0.1, 0.15) is 0 Å². The molecule has 2 aliphatic heterocycles. The molecule has 1 N–H and O–H groups in total. The van der Waals surface area contributed by atoms with Crippen LogP contribution in [-0.2, 0) is 11.3 Å². The summed E-state index contributed by atoms with van der Waals surface area (Å²) < 4.78 is 0. The van der Waals surface area contributed by atoms with Crippen molar-refractivity contribution >= 4 is 11.8 Å². The zero-order valence-corrected chi connectivity index (χ0v) is 15.1. The van der Waals surface area contributed by atoms with E-state index < -0.39 is 5.41 Å². The lowest BCUT2D eigenvalue weighted by atomic mass is 9.78. The Labute approximate surface area is 153 Å². The van der Waals surface area contributed by atoms with Crippen LogP contribution in [0.2, 0.25) is 0 Å². The van der Waals surface area contributed by atoms with Crippen LogP contribution in [0.25, 0.3) is 0 Å². The van der Waals surface area contributed by atoms with E-state index in [-0.39, 0.29) is 11.8 Å². The number of hydrogen-bond donors (Lipinski definition) is 1. The van der Waals surface area contributed by atoms with Gasteiger partial charge in [-0.05, 0) is 31.7 Å². The van der Waals surface area contributed by atoms with Crippen molar-refractivity contribution in [3.63, 3.8) is 0 Å². The van der Waals surface area contributed by atoms with Gasteiger partial charge in [0.15, 0.2) is 0 Å². The Hall–Kier alpha value is -2.63. The van der Waals surface area contributed by atoms with Gasteiger partial charge in [0.25, 0.3) is 5.91 Å². The molecule has 2 amide bonds. The maximum absolute atomic E-state index is 13.3. The van der Waals surface area contributed by atoms with Crippen molar-refractivity contribution in [2.45, 2.75) is 32.7 Å². The molecule has 1 atom stereocenters. The van der Waals surface area contributed by atoms with Crippen LogP contribution in [0, 0.1) is 12.3 Å². The van der Waals surface area contributed by atoms with Crippen molar-refractivity contribution in [2.75, 3.05) is 19.6 Å². The lowest BCUT2D eigenvalue weighted by Gasteiger charge is -2.39. The van der Waals surface area contributed by atoms with Crippen LogP contribution in [-0.4, -0.2) is 51.4 Å². The first-order chi connectivity index (χ1) is 12.6. The van der Waals surface area contributed by atoms with Gasteiger partial charge in [-0.15, -0.1) is 0 Å². The summed E-state index contributed by atoms with van der Waals surface area (Å²) >= 11 is 0. The standard InChI is InChI=1S/C20H24N4O2/c1-15-4-2-5-16(10-15)13-23-8-3-6-20(19(23)26)7-9-24(14-20)18(25)17-11-21-22-12-17/h2,4-5,10-12H,3,6-9,13-14H2,1H3,(H,21,22)/t20-/m1/s1. The molecule has 1 aromatic heterocycles. The fourth-order valence-electron chi connectivity index (χ4n) is 4.31. The summed E-state index contributed by atoms with van der Waals surface area (Å²) in [5.41, 5.74) is 2.52. The van der Waals surface area contributed by atoms with Gasteiger partial charge < -0.3 is 9.80 Å². The van der Waals surface area contributed by atoms with E-state index in [0.29, 0.717) is 25.2 Å². The number of carbonyl (C=O) groups is 2. The third-order valence-electron chi connectivity index (χ3n) is 5.67. The molecule has 2 saturated heterocycles. The lowest BCUT2D eigenvalue weighted by Crippen LogP contribution is -2.50. The SMILES string of the molecule is Cc1cccc(CN2CCC[C@]3(CCN(C(=O)c4cn[nH]c4)C3)C2=O)c1. The topological polar surface area (TPSA) is 69.3 Å². The van der Waals surface area contributed by atoms with Gasteiger partial charge in [-0.25, -0.2) is 0 Å². The molecule has 26 heavy (non-hydrogen) atoms. The van der Waals surface area contributed by atoms with Gasteiger partial charge in [-0.1, -0.05) is 29.8 Å². The molecule has 1 aromatic carbocycles. The van der Waals surface area contributed by atoms with E-state index >= 15 is 0 Å². The number of H-pyrrole nitrogens is 1. The number of likely N-dealkylation sites (tertiary alicyclic amines) is 2. The van der Waals surface area contributed by atoms with Crippen LogP contribution in [0.15, 0.2) is 36.7 Å². The molecule has 4 rings (SSSR count). The van der Waals surface area contributed by atoms with Crippen molar-refractivity contribution in [3.8, 4) is 0 Å². The van der Waals surface area contributed by atoms with Gasteiger partial charge in [-0.2, -0.15) is 5.10 Å². The number of rotatable bonds is 3. The third kappa shape index (κ3) is 3.00. The minimum atomic E-state index is -0.415. The molecule has 2 aliphatic rings. The first-order valence-electron chi connectivity index (χ1n) is 9.20. The highest BCUT2D eigenvalue weighted by Crippen LogP contribution is 2.40. The Kier molecular flexibility index (Phi) is 4.26. The van der Waals surface area contributed by atoms with Crippen molar-refractivity contribution < 1.29 is 9.59 Å². The monoisotopic (exact) mass is 352 g/mol. The second-order valence-corrected chi connectivity index (χ2v) is 7.56. The summed E-state index contributed by atoms with van der Waals surface area (Å²) in [5.74, 6) is 0.159. The zero-order valence-electron chi connectivity index (χ0n) is 15.1. The van der Waals surface area contributed by atoms with E-state index in [0.717, 1.165) is 25.8 Å². The normalized spacial score (nSPS) is 23.0. The Morgan fingerprint density at radius 2 is 2.19 bits per heavy atom. The Bertz CT molecular complexity index is 817. The third-order valence-corrected chi connectivity index (χ3v) is 5.67. The number of nitrogens with one attached hydrogen (secondary N) is 1. The van der Waals surface area contributed by atoms with Gasteiger partial charge in [-0.3, -0.25) is 14.7 Å². The molecule has 6 heteroatoms. The largest absolute Gasteiger partial charge is 0.338 e. The van der Waals surface area contributed by atoms with Gasteiger partial charge in [0.2, 0.25) is 5.91 Å². The van der Waals surface area contributed by atoms with Crippen LogP contribution in [0.5, 0.6) is 0 Å². The number of amides is 2. The molecule has 0 bridgehead atoms. The summed E-state index contributed by atoms with van der Waals surface area (Å²) in [7, 11) is 0. The first-order valence-corrected chi connectivity index (χ1v) is 9.20. The minimum Gasteiger partial charge on any atom is -0.338 e. The van der Waals surface area contributed by atoms with Crippen LogP contribution in [0.1, 0.15) is 40.7 Å². The Morgan fingerprint density at radius 1 is 1.31 bits per heavy atom. The molecular weight excluding hydrogens is 328 g/mol. The summed E-state index contributed by atoms with van der Waals surface area (Å²) in [6.45, 7) is 4.66. The van der Waals surface area contributed by atoms with Gasteiger partial charge >= 0.3 is 0 Å². The second kappa shape index (κ2) is 6.59. The second-order valence-electron chi connectivity index (χ2n) is 7.56. The molecule has 136 valence electrons. The molecule has 0 unspecified atom stereocenters. The zero-order chi connectivity index (χ0) is 18.1. The van der Waals surface area contributed by atoms with Gasteiger partial charge in [0, 0.05) is 32.4 Å². The highest BCUT2D eigenvalue weighted by molar-refractivity contribution is 5.95. The molecule has 0 aliphatic carbocycles. The predicted molar refractivity (Wildman–Crippen MR) is 97.4 cm³/mol. The summed E-state index contributed by atoms with van der Waals surface area (Å²) in [6.07, 6.45) is 5.76. The lowest BCUT2D eigenvalue weighted by molar-refractivity contribution is -0.146. The van der Waals surface area contributed by atoms with Crippen molar-refractivity contribution in [2.24, 2.45) is 5.41 Å². The molecule has 2 fully saturated rings. The average molecular weight is 352 g/mol. The van der Waals surface area contributed by atoms with E-state index in [1.165, 1.54) is 11.1 Å². The predicted octanol–water partition coefficient (Wildman–Crippen LogP) is 2.37. The Balaban J connectivity index is 1.48. The van der Waals surface area contributed by atoms with E-state index in [4.69, 9.17) is 0 Å². The highest BCUT2D eigenvalue weighted by Gasteiger charge is 2.49. The quantitative estimate of drug-likeness (QED) is 0.922. The van der Waals surface area contributed by atoms with E-state index in [9.17, 15) is 9.59 Å². The molecule has 1 spiro atoms. The van der Waals surface area contributed by atoms with Crippen molar-refractivity contribution in [3.05, 3.63) is 53.3 Å². The molecule has 6 nitrogen and oxygen atoms in total. The maximum Gasteiger partial charge on any atom is 0.257 e. The number of aryl methyl sites for hydroxylation is 1. The van der Waals surface area contributed by atoms with Crippen LogP contribution >= 0.6 is 0 Å². The smallest absolute Gasteiger partial charge is 0.257 e.